The predicted octanol–water partition coefficient (Wildman–Crippen LogP) is 2.15. The van der Waals surface area contributed by atoms with E-state index in [9.17, 15) is 14.0 Å². The molecule has 1 amide bonds. The van der Waals surface area contributed by atoms with E-state index in [1.807, 2.05) is 6.07 Å². The number of amides is 1. The van der Waals surface area contributed by atoms with Crippen molar-refractivity contribution in [3.63, 3.8) is 0 Å². The number of halogens is 1. The molecule has 0 aromatic heterocycles. The second-order valence-corrected chi connectivity index (χ2v) is 4.44. The van der Waals surface area contributed by atoms with Crippen LogP contribution in [0, 0.1) is 17.1 Å². The summed E-state index contributed by atoms with van der Waals surface area (Å²) in [6.07, 6.45) is 0. The van der Waals surface area contributed by atoms with Crippen LogP contribution >= 0.6 is 0 Å². The summed E-state index contributed by atoms with van der Waals surface area (Å²) in [5, 5.41) is 8.76. The highest BCUT2D eigenvalue weighted by molar-refractivity contribution is 5.95. The Morgan fingerprint density at radius 3 is 2.36 bits per heavy atom. The van der Waals surface area contributed by atoms with Crippen molar-refractivity contribution in [1.29, 1.82) is 5.26 Å². The standard InChI is InChI=1S/C16H11FN2O3/c17-14-6-1-10(8-18)7-13(14)9-22-16(21)12-4-2-11(3-5-12)15(19)20/h1-7H,9H2,(H2,19,20). The smallest absolute Gasteiger partial charge is 0.338 e. The van der Waals surface area contributed by atoms with Gasteiger partial charge in [-0.3, -0.25) is 4.79 Å². The minimum atomic E-state index is -0.669. The zero-order valence-corrected chi connectivity index (χ0v) is 11.4. The third-order valence-electron chi connectivity index (χ3n) is 2.94. The van der Waals surface area contributed by atoms with E-state index in [1.54, 1.807) is 0 Å². The van der Waals surface area contributed by atoms with Crippen LogP contribution < -0.4 is 5.73 Å². The van der Waals surface area contributed by atoms with Gasteiger partial charge in [-0.25, -0.2) is 9.18 Å². The van der Waals surface area contributed by atoms with Crippen molar-refractivity contribution < 1.29 is 18.7 Å². The normalized spacial score (nSPS) is 9.82. The minimum Gasteiger partial charge on any atom is -0.457 e. The van der Waals surface area contributed by atoms with Gasteiger partial charge in [-0.05, 0) is 42.5 Å². The topological polar surface area (TPSA) is 93.2 Å². The molecule has 0 saturated heterocycles. The van der Waals surface area contributed by atoms with E-state index in [-0.39, 0.29) is 28.9 Å². The van der Waals surface area contributed by atoms with E-state index in [4.69, 9.17) is 15.7 Å². The van der Waals surface area contributed by atoms with Gasteiger partial charge in [0.25, 0.3) is 0 Å². The highest BCUT2D eigenvalue weighted by Crippen LogP contribution is 2.13. The molecule has 0 bridgehead atoms. The maximum atomic E-state index is 13.5. The van der Waals surface area contributed by atoms with Crippen molar-refractivity contribution in [1.82, 2.24) is 0 Å². The van der Waals surface area contributed by atoms with Gasteiger partial charge < -0.3 is 10.5 Å². The van der Waals surface area contributed by atoms with Crippen LogP contribution in [0.15, 0.2) is 42.5 Å². The molecule has 0 spiro atoms. The number of carbonyl (C=O) groups excluding carboxylic acids is 2. The lowest BCUT2D eigenvalue weighted by molar-refractivity contribution is 0.0468. The van der Waals surface area contributed by atoms with Crippen molar-refractivity contribution >= 4 is 11.9 Å². The fourth-order valence-electron chi connectivity index (χ4n) is 1.75. The molecule has 0 unspecified atom stereocenters. The van der Waals surface area contributed by atoms with Crippen molar-refractivity contribution in [3.05, 3.63) is 70.5 Å². The van der Waals surface area contributed by atoms with Crippen LogP contribution in [0.25, 0.3) is 0 Å². The number of esters is 1. The molecule has 0 heterocycles. The summed E-state index contributed by atoms with van der Waals surface area (Å²) in [5.41, 5.74) is 5.96. The number of ether oxygens (including phenoxy) is 1. The average molecular weight is 298 g/mol. The number of nitrogens with two attached hydrogens (primary N) is 1. The zero-order valence-electron chi connectivity index (χ0n) is 11.4. The summed E-state index contributed by atoms with van der Waals surface area (Å²) in [6.45, 7) is -0.294. The van der Waals surface area contributed by atoms with Crippen molar-refractivity contribution in [2.24, 2.45) is 5.73 Å². The molecule has 5 nitrogen and oxygen atoms in total. The average Bonchev–Trinajstić information content (AvgIpc) is 2.54. The van der Waals surface area contributed by atoms with Crippen LogP contribution in [-0.2, 0) is 11.3 Å². The Balaban J connectivity index is 2.07. The number of carbonyl (C=O) groups is 2. The molecule has 110 valence electrons. The highest BCUT2D eigenvalue weighted by atomic mass is 19.1. The number of hydrogen-bond acceptors (Lipinski definition) is 4. The molecule has 2 aromatic rings. The Morgan fingerprint density at radius 2 is 1.77 bits per heavy atom. The van der Waals surface area contributed by atoms with Crippen molar-refractivity contribution in [3.8, 4) is 6.07 Å². The predicted molar refractivity (Wildman–Crippen MR) is 75.2 cm³/mol. The quantitative estimate of drug-likeness (QED) is 0.875. The molecule has 2 N–H and O–H groups in total. The van der Waals surface area contributed by atoms with E-state index in [0.29, 0.717) is 0 Å². The summed E-state index contributed by atoms with van der Waals surface area (Å²) in [6, 6.07) is 11.3. The SMILES string of the molecule is N#Cc1ccc(F)c(COC(=O)c2ccc(C(N)=O)cc2)c1. The van der Waals surface area contributed by atoms with Crippen molar-refractivity contribution in [2.75, 3.05) is 0 Å². The van der Waals surface area contributed by atoms with Gasteiger partial charge in [-0.1, -0.05) is 0 Å². The summed E-state index contributed by atoms with van der Waals surface area (Å²) >= 11 is 0. The molecule has 6 heteroatoms. The van der Waals surface area contributed by atoms with Gasteiger partial charge in [0.2, 0.25) is 5.91 Å². The van der Waals surface area contributed by atoms with Gasteiger partial charge in [-0.15, -0.1) is 0 Å². The fraction of sp³-hybridized carbons (Fsp3) is 0.0625. The van der Waals surface area contributed by atoms with Crippen molar-refractivity contribution in [2.45, 2.75) is 6.61 Å². The largest absolute Gasteiger partial charge is 0.457 e. The lowest BCUT2D eigenvalue weighted by Gasteiger charge is -2.06. The second kappa shape index (κ2) is 6.50. The number of hydrogen-bond donors (Lipinski definition) is 1. The summed E-state index contributed by atoms with van der Waals surface area (Å²) in [4.78, 5) is 22.8. The van der Waals surface area contributed by atoms with Gasteiger partial charge in [0.15, 0.2) is 0 Å². The lowest BCUT2D eigenvalue weighted by Crippen LogP contribution is -2.11. The minimum absolute atomic E-state index is 0.112. The van der Waals surface area contributed by atoms with Crippen LogP contribution in [-0.4, -0.2) is 11.9 Å². The number of rotatable bonds is 4. The van der Waals surface area contributed by atoms with E-state index >= 15 is 0 Å². The number of primary amides is 1. The molecule has 22 heavy (non-hydrogen) atoms. The molecule has 0 atom stereocenters. The first-order valence-corrected chi connectivity index (χ1v) is 6.27. The van der Waals surface area contributed by atoms with E-state index in [2.05, 4.69) is 0 Å². The Morgan fingerprint density at radius 1 is 1.14 bits per heavy atom. The summed E-state index contributed by atoms with van der Waals surface area (Å²) in [7, 11) is 0. The van der Waals surface area contributed by atoms with E-state index < -0.39 is 17.7 Å². The van der Waals surface area contributed by atoms with Gasteiger partial charge in [0.1, 0.15) is 12.4 Å². The molecule has 2 rings (SSSR count). The second-order valence-electron chi connectivity index (χ2n) is 4.44. The van der Waals surface area contributed by atoms with Crippen LogP contribution in [0.4, 0.5) is 4.39 Å². The fourth-order valence-corrected chi connectivity index (χ4v) is 1.75. The Hall–Kier alpha value is -3.20. The Labute approximate surface area is 125 Å². The van der Waals surface area contributed by atoms with Crippen LogP contribution in [0.3, 0.4) is 0 Å². The van der Waals surface area contributed by atoms with Gasteiger partial charge in [0, 0.05) is 11.1 Å². The van der Waals surface area contributed by atoms with Gasteiger partial charge in [-0.2, -0.15) is 5.26 Å². The molecule has 0 aliphatic rings. The van der Waals surface area contributed by atoms with Crippen LogP contribution in [0.1, 0.15) is 31.8 Å². The number of nitrogens with zero attached hydrogens (tertiary/aromatic N) is 1. The highest BCUT2D eigenvalue weighted by Gasteiger charge is 2.11. The first-order valence-electron chi connectivity index (χ1n) is 6.27. The van der Waals surface area contributed by atoms with Gasteiger partial charge in [0.05, 0.1) is 17.2 Å². The maximum Gasteiger partial charge on any atom is 0.338 e. The maximum absolute atomic E-state index is 13.5. The van der Waals surface area contributed by atoms with Gasteiger partial charge >= 0.3 is 5.97 Å². The zero-order chi connectivity index (χ0) is 16.1. The lowest BCUT2D eigenvalue weighted by atomic mass is 10.1. The van der Waals surface area contributed by atoms with Crippen LogP contribution in [0.2, 0.25) is 0 Å². The molecule has 0 fully saturated rings. The van der Waals surface area contributed by atoms with Crippen LogP contribution in [0.5, 0.6) is 0 Å². The first-order chi connectivity index (χ1) is 10.5. The van der Waals surface area contributed by atoms with E-state index in [1.165, 1.54) is 36.4 Å². The summed E-state index contributed by atoms with van der Waals surface area (Å²) in [5.74, 6) is -1.83. The number of benzene rings is 2. The van der Waals surface area contributed by atoms with E-state index in [0.717, 1.165) is 6.07 Å². The first kappa shape index (κ1) is 15.2. The third kappa shape index (κ3) is 3.46. The Bertz CT molecular complexity index is 764. The monoisotopic (exact) mass is 298 g/mol. The molecule has 2 aromatic carbocycles. The Kier molecular flexibility index (Phi) is 4.49. The summed E-state index contributed by atoms with van der Waals surface area (Å²) < 4.78 is 18.5. The molecule has 0 saturated carbocycles. The molecule has 0 aliphatic carbocycles. The number of nitriles is 1. The molecular weight excluding hydrogens is 287 g/mol. The molecule has 0 aliphatic heterocycles. The molecular formula is C16H11FN2O3. The third-order valence-corrected chi connectivity index (χ3v) is 2.94. The molecule has 0 radical (unpaired) electrons.